The second-order valence-corrected chi connectivity index (χ2v) is 7.78. The van der Waals surface area contributed by atoms with Crippen LogP contribution in [0.25, 0.3) is 10.9 Å². The summed E-state index contributed by atoms with van der Waals surface area (Å²) in [4.78, 5) is 14.2. The molecule has 2 aromatic heterocycles. The summed E-state index contributed by atoms with van der Waals surface area (Å²) in [5, 5.41) is 21.4. The van der Waals surface area contributed by atoms with Crippen molar-refractivity contribution in [1.82, 2.24) is 15.2 Å². The van der Waals surface area contributed by atoms with E-state index in [9.17, 15) is 14.3 Å². The van der Waals surface area contributed by atoms with Crippen LogP contribution in [-0.4, -0.2) is 26.3 Å². The topological polar surface area (TPSA) is 100 Å². The number of rotatable bonds is 6. The van der Waals surface area contributed by atoms with Crippen LogP contribution in [0, 0.1) is 9.39 Å². The Morgan fingerprint density at radius 3 is 2.87 bits per heavy atom. The number of benzene rings is 2. The molecule has 0 saturated heterocycles. The van der Waals surface area contributed by atoms with E-state index in [4.69, 9.17) is 16.3 Å². The Hall–Kier alpha value is -2.92. The van der Waals surface area contributed by atoms with Gasteiger partial charge < -0.3 is 20.1 Å². The molecular formula is C20H13ClFIN4O3. The third-order valence-corrected chi connectivity index (χ3v) is 5.62. The zero-order valence-corrected chi connectivity index (χ0v) is 18.0. The smallest absolute Gasteiger partial charge is 0.353 e. The molecule has 0 atom stereocenters. The average molecular weight is 539 g/mol. The molecule has 0 radical (unpaired) electrons. The Morgan fingerprint density at radius 1 is 1.30 bits per heavy atom. The first-order valence-electron chi connectivity index (χ1n) is 8.62. The molecular weight excluding hydrogens is 526 g/mol. The number of carboxylic acid groups (broad SMARTS) is 1. The number of anilines is 2. The minimum atomic E-state index is -1.07. The van der Waals surface area contributed by atoms with Gasteiger partial charge in [0.15, 0.2) is 5.82 Å². The number of halogens is 3. The molecule has 7 nitrogen and oxygen atoms in total. The highest BCUT2D eigenvalue weighted by atomic mass is 127. The Morgan fingerprint density at radius 2 is 2.13 bits per heavy atom. The number of H-pyrrole nitrogens is 1. The monoisotopic (exact) mass is 538 g/mol. The van der Waals surface area contributed by atoms with Crippen molar-refractivity contribution >= 4 is 62.6 Å². The van der Waals surface area contributed by atoms with Gasteiger partial charge in [0.2, 0.25) is 0 Å². The predicted molar refractivity (Wildman–Crippen MR) is 119 cm³/mol. The number of hydrogen-bond acceptors (Lipinski definition) is 5. The van der Waals surface area contributed by atoms with Gasteiger partial charge in [0.05, 0.1) is 25.7 Å². The molecule has 0 saturated carbocycles. The van der Waals surface area contributed by atoms with Crippen LogP contribution in [0.5, 0.6) is 5.75 Å². The van der Waals surface area contributed by atoms with Gasteiger partial charge in [0, 0.05) is 5.69 Å². The lowest BCUT2D eigenvalue weighted by molar-refractivity contribution is 0.0690. The normalized spacial score (nSPS) is 10.9. The Bertz CT molecular complexity index is 1260. The lowest BCUT2D eigenvalue weighted by Crippen LogP contribution is -1.99. The molecule has 0 aliphatic rings. The molecule has 2 aromatic carbocycles. The zero-order valence-electron chi connectivity index (χ0n) is 15.1. The molecule has 0 aliphatic carbocycles. The van der Waals surface area contributed by atoms with Gasteiger partial charge in [-0.1, -0.05) is 23.7 Å². The van der Waals surface area contributed by atoms with E-state index in [0.717, 1.165) is 0 Å². The molecule has 0 fully saturated rings. The molecule has 2 heterocycles. The van der Waals surface area contributed by atoms with Crippen molar-refractivity contribution in [3.63, 3.8) is 0 Å². The third-order valence-electron chi connectivity index (χ3n) is 4.24. The highest BCUT2D eigenvalue weighted by Gasteiger charge is 2.19. The third kappa shape index (κ3) is 4.17. The first kappa shape index (κ1) is 20.4. The van der Waals surface area contributed by atoms with E-state index in [1.165, 1.54) is 18.3 Å². The van der Waals surface area contributed by atoms with E-state index in [2.05, 4.69) is 20.5 Å². The Balaban J connectivity index is 1.56. The first-order valence-corrected chi connectivity index (χ1v) is 10.1. The molecule has 0 amide bonds. The molecule has 4 aromatic rings. The number of nitrogens with one attached hydrogen (secondary N) is 2. The molecule has 4 rings (SSSR count). The lowest BCUT2D eigenvalue weighted by Gasteiger charge is -2.11. The van der Waals surface area contributed by atoms with Crippen LogP contribution in [0.3, 0.4) is 0 Å². The molecule has 30 heavy (non-hydrogen) atoms. The van der Waals surface area contributed by atoms with Gasteiger partial charge in [-0.25, -0.2) is 9.18 Å². The van der Waals surface area contributed by atoms with Crippen LogP contribution < -0.4 is 10.1 Å². The highest BCUT2D eigenvalue weighted by Crippen LogP contribution is 2.33. The highest BCUT2D eigenvalue weighted by molar-refractivity contribution is 14.1. The van der Waals surface area contributed by atoms with Crippen LogP contribution in [0.2, 0.25) is 5.02 Å². The molecule has 0 spiro atoms. The van der Waals surface area contributed by atoms with Crippen molar-refractivity contribution < 1.29 is 19.0 Å². The van der Waals surface area contributed by atoms with E-state index in [0.29, 0.717) is 42.3 Å². The fourth-order valence-corrected chi connectivity index (χ4v) is 4.02. The van der Waals surface area contributed by atoms with E-state index < -0.39 is 5.97 Å². The van der Waals surface area contributed by atoms with Crippen molar-refractivity contribution in [3.05, 3.63) is 74.3 Å². The number of fused-ring (bicyclic) bond motifs is 1. The van der Waals surface area contributed by atoms with E-state index in [-0.39, 0.29) is 18.1 Å². The second-order valence-electron chi connectivity index (χ2n) is 6.29. The standard InChI is InChI=1S/C20H13ClFIN4O3/c21-13-7-12(4-5-15(13)30-9-10-2-1-3-11(22)6-10)25-19-16-14(8-24-27-19)26-18(17(16)23)20(28)29/h1-8,26H,9H2,(H,25,27)(H,28,29). The quantitative estimate of drug-likeness (QED) is 0.285. The molecule has 0 unspecified atom stereocenters. The van der Waals surface area contributed by atoms with Gasteiger partial charge in [0.1, 0.15) is 23.9 Å². The van der Waals surface area contributed by atoms with Crippen molar-refractivity contribution in [2.75, 3.05) is 5.32 Å². The second kappa shape index (κ2) is 8.44. The van der Waals surface area contributed by atoms with Crippen molar-refractivity contribution in [1.29, 1.82) is 0 Å². The van der Waals surface area contributed by atoms with Crippen molar-refractivity contribution in [2.45, 2.75) is 6.61 Å². The summed E-state index contributed by atoms with van der Waals surface area (Å²) >= 11 is 8.28. The average Bonchev–Trinajstić information content (AvgIpc) is 3.05. The predicted octanol–water partition coefficient (Wildman–Crippen LogP) is 5.38. The molecule has 10 heteroatoms. The minimum absolute atomic E-state index is 0.0718. The van der Waals surface area contributed by atoms with Crippen LogP contribution in [-0.2, 0) is 6.61 Å². The van der Waals surface area contributed by atoms with Crippen molar-refractivity contribution in [2.24, 2.45) is 0 Å². The van der Waals surface area contributed by atoms with Crippen LogP contribution in [0.4, 0.5) is 15.9 Å². The van der Waals surface area contributed by atoms with E-state index in [1.54, 1.807) is 30.3 Å². The number of aromatic nitrogens is 3. The SMILES string of the molecule is O=C(O)c1[nH]c2cnnc(Nc3ccc(OCc4cccc(F)c4)c(Cl)c3)c2c1I. The Labute approximate surface area is 188 Å². The Kier molecular flexibility index (Phi) is 5.73. The summed E-state index contributed by atoms with van der Waals surface area (Å²) in [5.74, 6) is -0.558. The molecule has 152 valence electrons. The number of carbonyl (C=O) groups is 1. The summed E-state index contributed by atoms with van der Waals surface area (Å²) in [7, 11) is 0. The maximum atomic E-state index is 13.3. The number of carboxylic acids is 1. The van der Waals surface area contributed by atoms with Crippen LogP contribution in [0.1, 0.15) is 16.1 Å². The van der Waals surface area contributed by atoms with Crippen LogP contribution in [0.15, 0.2) is 48.7 Å². The number of hydrogen-bond donors (Lipinski definition) is 3. The van der Waals surface area contributed by atoms with Gasteiger partial charge in [-0.05, 0) is 58.5 Å². The number of nitrogens with zero attached hydrogens (tertiary/aromatic N) is 2. The van der Waals surface area contributed by atoms with E-state index in [1.807, 2.05) is 22.6 Å². The molecule has 0 aliphatic heterocycles. The molecule has 0 bridgehead atoms. The fraction of sp³-hybridized carbons (Fsp3) is 0.0500. The first-order chi connectivity index (χ1) is 14.4. The molecule has 3 N–H and O–H groups in total. The summed E-state index contributed by atoms with van der Waals surface area (Å²) < 4.78 is 19.5. The van der Waals surface area contributed by atoms with Gasteiger partial charge in [-0.3, -0.25) is 0 Å². The minimum Gasteiger partial charge on any atom is -0.487 e. The zero-order chi connectivity index (χ0) is 21.3. The van der Waals surface area contributed by atoms with Gasteiger partial charge in [-0.15, -0.1) is 5.10 Å². The fourth-order valence-electron chi connectivity index (χ4n) is 2.87. The van der Waals surface area contributed by atoms with Gasteiger partial charge >= 0.3 is 5.97 Å². The number of aromatic amines is 1. The largest absolute Gasteiger partial charge is 0.487 e. The maximum absolute atomic E-state index is 13.3. The summed E-state index contributed by atoms with van der Waals surface area (Å²) in [6, 6.07) is 11.2. The van der Waals surface area contributed by atoms with Gasteiger partial charge in [0.25, 0.3) is 0 Å². The van der Waals surface area contributed by atoms with Gasteiger partial charge in [-0.2, -0.15) is 5.10 Å². The maximum Gasteiger partial charge on any atom is 0.353 e. The summed E-state index contributed by atoms with van der Waals surface area (Å²) in [6.07, 6.45) is 1.46. The van der Waals surface area contributed by atoms with E-state index >= 15 is 0 Å². The lowest BCUT2D eigenvalue weighted by atomic mass is 10.2. The summed E-state index contributed by atoms with van der Waals surface area (Å²) in [5.41, 5.74) is 1.93. The number of ether oxygens (including phenoxy) is 1. The summed E-state index contributed by atoms with van der Waals surface area (Å²) in [6.45, 7) is 0.175. The van der Waals surface area contributed by atoms with Crippen LogP contribution >= 0.6 is 34.2 Å². The van der Waals surface area contributed by atoms with Crippen molar-refractivity contribution in [3.8, 4) is 5.75 Å². The number of aromatic carboxylic acids is 1.